The molecule has 0 saturated heterocycles. The lowest BCUT2D eigenvalue weighted by atomic mass is 10.0. The SMILES string of the molecule is Cc1ccc(CCC(=O)OF)c(C)c1. The third kappa shape index (κ3) is 2.83. The first-order chi connectivity index (χ1) is 6.63. The molecule has 0 radical (unpaired) electrons. The topological polar surface area (TPSA) is 26.3 Å². The summed E-state index contributed by atoms with van der Waals surface area (Å²) in [4.78, 5) is 13.7. The molecule has 0 unspecified atom stereocenters. The van der Waals surface area contributed by atoms with E-state index in [1.54, 1.807) is 0 Å². The van der Waals surface area contributed by atoms with Gasteiger partial charge in [0, 0.05) is 4.53 Å². The quantitative estimate of drug-likeness (QED) is 0.742. The maximum absolute atomic E-state index is 11.4. The first kappa shape index (κ1) is 10.7. The van der Waals surface area contributed by atoms with Crippen molar-refractivity contribution in [1.82, 2.24) is 0 Å². The van der Waals surface area contributed by atoms with E-state index in [9.17, 15) is 9.32 Å². The second-order valence-electron chi connectivity index (χ2n) is 3.38. The van der Waals surface area contributed by atoms with Crippen molar-refractivity contribution in [2.45, 2.75) is 26.7 Å². The number of carbonyl (C=O) groups excluding carboxylic acids is 1. The second kappa shape index (κ2) is 4.74. The molecule has 3 heteroatoms. The van der Waals surface area contributed by atoms with Crippen LogP contribution in [0.1, 0.15) is 23.1 Å². The molecule has 0 N–H and O–H groups in total. The monoisotopic (exact) mass is 196 g/mol. The molecule has 0 fully saturated rings. The second-order valence-corrected chi connectivity index (χ2v) is 3.38. The maximum Gasteiger partial charge on any atom is 0.349 e. The van der Waals surface area contributed by atoms with E-state index in [2.05, 4.69) is 4.94 Å². The molecule has 0 aliphatic carbocycles. The van der Waals surface area contributed by atoms with Gasteiger partial charge in [-0.3, -0.25) is 4.94 Å². The van der Waals surface area contributed by atoms with E-state index < -0.39 is 5.97 Å². The Morgan fingerprint density at radius 1 is 1.43 bits per heavy atom. The fourth-order valence-electron chi connectivity index (χ4n) is 1.40. The molecular weight excluding hydrogens is 183 g/mol. The van der Waals surface area contributed by atoms with E-state index in [-0.39, 0.29) is 6.42 Å². The molecule has 0 heterocycles. The normalized spacial score (nSPS) is 9.93. The number of benzene rings is 1. The van der Waals surface area contributed by atoms with Gasteiger partial charge < -0.3 is 0 Å². The van der Waals surface area contributed by atoms with Crippen LogP contribution in [0, 0.1) is 13.8 Å². The zero-order valence-corrected chi connectivity index (χ0v) is 8.34. The van der Waals surface area contributed by atoms with Crippen LogP contribution in [0.5, 0.6) is 0 Å². The van der Waals surface area contributed by atoms with Gasteiger partial charge in [-0.15, -0.1) is 0 Å². The Kier molecular flexibility index (Phi) is 3.63. The van der Waals surface area contributed by atoms with Crippen molar-refractivity contribution < 1.29 is 14.3 Å². The Balaban J connectivity index is 2.63. The van der Waals surface area contributed by atoms with Gasteiger partial charge in [-0.1, -0.05) is 23.8 Å². The summed E-state index contributed by atoms with van der Waals surface area (Å²) in [7, 11) is 0. The maximum atomic E-state index is 11.4. The van der Waals surface area contributed by atoms with Crippen LogP contribution >= 0.6 is 0 Å². The van der Waals surface area contributed by atoms with Gasteiger partial charge in [0.15, 0.2) is 0 Å². The average Bonchev–Trinajstić information content (AvgIpc) is 2.16. The molecule has 0 saturated carbocycles. The van der Waals surface area contributed by atoms with Gasteiger partial charge in [-0.25, -0.2) is 4.79 Å². The molecule has 0 amide bonds. The van der Waals surface area contributed by atoms with Crippen LogP contribution < -0.4 is 0 Å². The predicted molar refractivity (Wildman–Crippen MR) is 51.4 cm³/mol. The lowest BCUT2D eigenvalue weighted by molar-refractivity contribution is -0.183. The number of carbonyl (C=O) groups is 1. The van der Waals surface area contributed by atoms with Crippen LogP contribution in [0.4, 0.5) is 4.53 Å². The summed E-state index contributed by atoms with van der Waals surface area (Å²) < 4.78 is 11.4. The van der Waals surface area contributed by atoms with Gasteiger partial charge in [-0.05, 0) is 31.4 Å². The molecule has 0 aromatic heterocycles. The number of aryl methyl sites for hydroxylation is 3. The molecule has 76 valence electrons. The Morgan fingerprint density at radius 2 is 2.14 bits per heavy atom. The molecule has 0 aliphatic rings. The van der Waals surface area contributed by atoms with Gasteiger partial charge >= 0.3 is 5.97 Å². The molecule has 0 bridgehead atoms. The third-order valence-corrected chi connectivity index (χ3v) is 2.18. The largest absolute Gasteiger partial charge is 0.349 e. The van der Waals surface area contributed by atoms with Gasteiger partial charge in [-0.2, -0.15) is 0 Å². The van der Waals surface area contributed by atoms with Crippen LogP contribution in [0.15, 0.2) is 18.2 Å². The minimum absolute atomic E-state index is 0.0837. The van der Waals surface area contributed by atoms with Crippen molar-refractivity contribution in [2.75, 3.05) is 0 Å². The highest BCUT2D eigenvalue weighted by molar-refractivity contribution is 5.69. The average molecular weight is 196 g/mol. The zero-order valence-electron chi connectivity index (χ0n) is 8.34. The summed E-state index contributed by atoms with van der Waals surface area (Å²) in [6.45, 7) is 3.98. The summed E-state index contributed by atoms with van der Waals surface area (Å²) in [5.41, 5.74) is 3.36. The Bertz CT molecular complexity index is 334. The molecule has 14 heavy (non-hydrogen) atoms. The summed E-state index contributed by atoms with van der Waals surface area (Å²) in [5, 5.41) is 0. The molecule has 0 atom stereocenters. The van der Waals surface area contributed by atoms with E-state index in [1.807, 2.05) is 32.0 Å². The molecule has 2 nitrogen and oxygen atoms in total. The summed E-state index contributed by atoms with van der Waals surface area (Å²) >= 11 is 0. The summed E-state index contributed by atoms with van der Waals surface area (Å²) in [5.74, 6) is -0.815. The summed E-state index contributed by atoms with van der Waals surface area (Å²) in [6.07, 6.45) is 0.606. The molecule has 1 rings (SSSR count). The third-order valence-electron chi connectivity index (χ3n) is 2.18. The van der Waals surface area contributed by atoms with Crippen molar-refractivity contribution in [3.05, 3.63) is 34.9 Å². The highest BCUT2D eigenvalue weighted by atomic mass is 19.3. The lowest BCUT2D eigenvalue weighted by Gasteiger charge is -2.04. The summed E-state index contributed by atoms with van der Waals surface area (Å²) in [6, 6.07) is 5.97. The van der Waals surface area contributed by atoms with Crippen LogP contribution in [0.25, 0.3) is 0 Å². The Morgan fingerprint density at radius 3 is 2.71 bits per heavy atom. The predicted octanol–water partition coefficient (Wildman–Crippen LogP) is 2.66. The van der Waals surface area contributed by atoms with Gasteiger partial charge in [0.1, 0.15) is 0 Å². The Hall–Kier alpha value is -1.38. The van der Waals surface area contributed by atoms with Crippen molar-refractivity contribution >= 4 is 5.97 Å². The number of rotatable bonds is 3. The van der Waals surface area contributed by atoms with Gasteiger partial charge in [0.25, 0.3) is 0 Å². The fraction of sp³-hybridized carbons (Fsp3) is 0.364. The van der Waals surface area contributed by atoms with E-state index in [1.165, 1.54) is 5.56 Å². The first-order valence-electron chi connectivity index (χ1n) is 4.51. The van der Waals surface area contributed by atoms with E-state index in [0.717, 1.165) is 11.1 Å². The Labute approximate surface area is 82.6 Å². The van der Waals surface area contributed by atoms with E-state index in [0.29, 0.717) is 6.42 Å². The van der Waals surface area contributed by atoms with Crippen molar-refractivity contribution in [2.24, 2.45) is 0 Å². The smallest absolute Gasteiger partial charge is 0.255 e. The molecule has 0 aliphatic heterocycles. The highest BCUT2D eigenvalue weighted by Gasteiger charge is 2.05. The van der Waals surface area contributed by atoms with E-state index >= 15 is 0 Å². The molecule has 1 aromatic carbocycles. The van der Waals surface area contributed by atoms with Crippen LogP contribution in [-0.2, 0) is 16.2 Å². The van der Waals surface area contributed by atoms with Crippen molar-refractivity contribution in [1.29, 1.82) is 0 Å². The van der Waals surface area contributed by atoms with E-state index in [4.69, 9.17) is 0 Å². The van der Waals surface area contributed by atoms with Crippen molar-refractivity contribution in [3.63, 3.8) is 0 Å². The van der Waals surface area contributed by atoms with Crippen molar-refractivity contribution in [3.8, 4) is 0 Å². The zero-order chi connectivity index (χ0) is 10.6. The number of hydrogen-bond acceptors (Lipinski definition) is 2. The first-order valence-corrected chi connectivity index (χ1v) is 4.51. The highest BCUT2D eigenvalue weighted by Crippen LogP contribution is 2.12. The molecule has 0 spiro atoms. The van der Waals surface area contributed by atoms with Gasteiger partial charge in [0.2, 0.25) is 0 Å². The lowest BCUT2D eigenvalue weighted by Crippen LogP contribution is -2.00. The van der Waals surface area contributed by atoms with Crippen LogP contribution in [0.3, 0.4) is 0 Å². The molecule has 1 aromatic rings. The minimum Gasteiger partial charge on any atom is -0.255 e. The van der Waals surface area contributed by atoms with Gasteiger partial charge in [0.05, 0.1) is 6.42 Å². The van der Waals surface area contributed by atoms with Crippen LogP contribution in [-0.4, -0.2) is 5.97 Å². The number of hydrogen-bond donors (Lipinski definition) is 0. The molecular formula is C11H13FO2. The minimum atomic E-state index is -0.815. The standard InChI is InChI=1S/C11H13FO2/c1-8-3-4-10(9(2)7-8)5-6-11(13)14-12/h3-4,7H,5-6H2,1-2H3. The number of halogens is 1. The van der Waals surface area contributed by atoms with Crippen LogP contribution in [0.2, 0.25) is 0 Å². The fourth-order valence-corrected chi connectivity index (χ4v) is 1.40.